The lowest BCUT2D eigenvalue weighted by molar-refractivity contribution is 0.0783. The normalized spacial score (nSPS) is 20.1. The highest BCUT2D eigenvalue weighted by molar-refractivity contribution is 5.48. The van der Waals surface area contributed by atoms with Crippen LogP contribution in [-0.4, -0.2) is 35.5 Å². The van der Waals surface area contributed by atoms with Crippen LogP contribution in [0.2, 0.25) is 0 Å². The molecule has 0 amide bonds. The molecule has 0 saturated heterocycles. The van der Waals surface area contributed by atoms with E-state index in [1.54, 1.807) is 0 Å². The second kappa shape index (κ2) is 7.25. The van der Waals surface area contributed by atoms with Gasteiger partial charge >= 0.3 is 0 Å². The van der Waals surface area contributed by atoms with Gasteiger partial charge in [-0.1, -0.05) is 13.0 Å². The Morgan fingerprint density at radius 3 is 2.90 bits per heavy atom. The minimum Gasteiger partial charge on any atom is -0.491 e. The molecule has 1 aliphatic carbocycles. The van der Waals surface area contributed by atoms with Crippen LogP contribution in [0.1, 0.15) is 49.5 Å². The van der Waals surface area contributed by atoms with Crippen molar-refractivity contribution < 1.29 is 14.9 Å². The van der Waals surface area contributed by atoms with Gasteiger partial charge in [0, 0.05) is 11.6 Å². The zero-order chi connectivity index (χ0) is 15.4. The van der Waals surface area contributed by atoms with E-state index in [-0.39, 0.29) is 18.8 Å². The Kier molecular flexibility index (Phi) is 5.62. The third-order valence-electron chi connectivity index (χ3n) is 4.24. The van der Waals surface area contributed by atoms with Crippen LogP contribution in [0.3, 0.4) is 0 Å². The Morgan fingerprint density at radius 1 is 1.43 bits per heavy atom. The molecular weight excluding hydrogens is 266 g/mol. The van der Waals surface area contributed by atoms with E-state index in [1.807, 2.05) is 26.0 Å². The largest absolute Gasteiger partial charge is 0.491 e. The van der Waals surface area contributed by atoms with Gasteiger partial charge in [0.15, 0.2) is 0 Å². The van der Waals surface area contributed by atoms with Crippen molar-refractivity contribution >= 4 is 0 Å². The molecule has 2 rings (SSSR count). The number of benzene rings is 1. The highest BCUT2D eigenvalue weighted by atomic mass is 16.5. The quantitative estimate of drug-likeness (QED) is 0.720. The number of aryl methyl sites for hydroxylation is 1. The number of fused-ring (bicyclic) bond motifs is 1. The van der Waals surface area contributed by atoms with Gasteiger partial charge in [-0.3, -0.25) is 0 Å². The maximum absolute atomic E-state index is 10.1. The van der Waals surface area contributed by atoms with Crippen molar-refractivity contribution in [2.45, 2.75) is 58.3 Å². The van der Waals surface area contributed by atoms with Crippen LogP contribution in [0, 0.1) is 6.92 Å². The van der Waals surface area contributed by atoms with Crippen LogP contribution < -0.4 is 10.1 Å². The van der Waals surface area contributed by atoms with Gasteiger partial charge in [-0.15, -0.1) is 0 Å². The fraction of sp³-hybridized carbons (Fsp3) is 0.647. The van der Waals surface area contributed by atoms with E-state index in [0.717, 1.165) is 48.2 Å². The molecule has 3 N–H and O–H groups in total. The van der Waals surface area contributed by atoms with Crippen LogP contribution in [0.25, 0.3) is 0 Å². The molecule has 3 atom stereocenters. The van der Waals surface area contributed by atoms with Crippen molar-refractivity contribution in [3.63, 3.8) is 0 Å². The molecule has 0 fully saturated rings. The van der Waals surface area contributed by atoms with Crippen LogP contribution in [-0.2, 0) is 6.42 Å². The van der Waals surface area contributed by atoms with Crippen molar-refractivity contribution in [1.29, 1.82) is 0 Å². The van der Waals surface area contributed by atoms with Gasteiger partial charge in [0.25, 0.3) is 0 Å². The van der Waals surface area contributed by atoms with E-state index in [9.17, 15) is 10.2 Å². The second-order valence-corrected chi connectivity index (χ2v) is 5.95. The van der Waals surface area contributed by atoms with E-state index < -0.39 is 6.10 Å². The van der Waals surface area contributed by atoms with E-state index in [2.05, 4.69) is 12.2 Å². The third kappa shape index (κ3) is 3.76. The fourth-order valence-corrected chi connectivity index (χ4v) is 2.87. The summed E-state index contributed by atoms with van der Waals surface area (Å²) in [7, 11) is 0. The second-order valence-electron chi connectivity index (χ2n) is 5.95. The Bertz CT molecular complexity index is 475. The first kappa shape index (κ1) is 16.3. The van der Waals surface area contributed by atoms with Crippen molar-refractivity contribution in [3.05, 3.63) is 28.8 Å². The van der Waals surface area contributed by atoms with Gasteiger partial charge < -0.3 is 20.3 Å². The summed E-state index contributed by atoms with van der Waals surface area (Å²) in [5, 5.41) is 23.4. The van der Waals surface area contributed by atoms with Gasteiger partial charge in [-0.2, -0.15) is 0 Å². The maximum Gasteiger partial charge on any atom is 0.123 e. The molecule has 4 nitrogen and oxygen atoms in total. The molecule has 118 valence electrons. The Labute approximate surface area is 127 Å². The zero-order valence-corrected chi connectivity index (χ0v) is 13.2. The lowest BCUT2D eigenvalue weighted by Crippen LogP contribution is -2.41. The third-order valence-corrected chi connectivity index (χ3v) is 4.24. The zero-order valence-electron chi connectivity index (χ0n) is 13.2. The predicted molar refractivity (Wildman–Crippen MR) is 83.7 cm³/mol. The van der Waals surface area contributed by atoms with Crippen molar-refractivity contribution in [2.24, 2.45) is 0 Å². The van der Waals surface area contributed by atoms with Gasteiger partial charge in [-0.05, 0) is 56.8 Å². The standard InChI is InChI=1S/C17H27NO3/c1-4-9-18-12(3)15(20)10-21-16-8-5-11(2)17-13(16)6-7-14(17)19/h5,8,12,14-15,18-20H,4,6-7,9-10H2,1-3H3/t12-,14?,15-/m1/s1. The number of hydrogen-bond donors (Lipinski definition) is 3. The maximum atomic E-state index is 10.1. The molecule has 0 heterocycles. The molecule has 0 saturated carbocycles. The molecule has 0 aromatic heterocycles. The number of hydrogen-bond acceptors (Lipinski definition) is 4. The van der Waals surface area contributed by atoms with Crippen LogP contribution in [0.15, 0.2) is 12.1 Å². The van der Waals surface area contributed by atoms with Gasteiger partial charge in [0.2, 0.25) is 0 Å². The Balaban J connectivity index is 1.98. The van der Waals surface area contributed by atoms with E-state index in [0.29, 0.717) is 0 Å². The van der Waals surface area contributed by atoms with Gasteiger partial charge in [0.05, 0.1) is 6.10 Å². The molecule has 0 radical (unpaired) electrons. The summed E-state index contributed by atoms with van der Waals surface area (Å²) < 4.78 is 5.81. The van der Waals surface area contributed by atoms with Crippen molar-refractivity contribution in [1.82, 2.24) is 5.32 Å². The minimum atomic E-state index is -0.542. The highest BCUT2D eigenvalue weighted by Gasteiger charge is 2.26. The first-order valence-corrected chi connectivity index (χ1v) is 7.89. The average molecular weight is 293 g/mol. The molecule has 1 aromatic rings. The van der Waals surface area contributed by atoms with Crippen LogP contribution in [0.5, 0.6) is 5.75 Å². The smallest absolute Gasteiger partial charge is 0.123 e. The Hall–Kier alpha value is -1.10. The first-order chi connectivity index (χ1) is 10.0. The average Bonchev–Trinajstić information content (AvgIpc) is 2.87. The Morgan fingerprint density at radius 2 is 2.19 bits per heavy atom. The molecule has 1 unspecified atom stereocenters. The topological polar surface area (TPSA) is 61.7 Å². The van der Waals surface area contributed by atoms with E-state index in [1.165, 1.54) is 0 Å². The summed E-state index contributed by atoms with van der Waals surface area (Å²) >= 11 is 0. The van der Waals surface area contributed by atoms with Gasteiger partial charge in [0.1, 0.15) is 18.5 Å². The predicted octanol–water partition coefficient (Wildman–Crippen LogP) is 2.10. The van der Waals surface area contributed by atoms with E-state index >= 15 is 0 Å². The molecule has 4 heteroatoms. The van der Waals surface area contributed by atoms with E-state index in [4.69, 9.17) is 4.74 Å². The molecule has 1 aromatic carbocycles. The monoisotopic (exact) mass is 293 g/mol. The summed E-state index contributed by atoms with van der Waals surface area (Å²) in [4.78, 5) is 0. The first-order valence-electron chi connectivity index (χ1n) is 7.89. The molecular formula is C17H27NO3. The van der Waals surface area contributed by atoms with Crippen molar-refractivity contribution in [3.8, 4) is 5.75 Å². The SMILES string of the molecule is CCCN[C@H](C)[C@H](O)COc1ccc(C)c2c1CCC2O. The molecule has 21 heavy (non-hydrogen) atoms. The number of nitrogens with one attached hydrogen (secondary N) is 1. The number of rotatable bonds is 7. The summed E-state index contributed by atoms with van der Waals surface area (Å²) in [5.41, 5.74) is 3.23. The molecule has 0 spiro atoms. The molecule has 0 aliphatic heterocycles. The van der Waals surface area contributed by atoms with Crippen LogP contribution >= 0.6 is 0 Å². The fourth-order valence-electron chi connectivity index (χ4n) is 2.87. The highest BCUT2D eigenvalue weighted by Crippen LogP contribution is 2.39. The molecule has 0 bridgehead atoms. The number of aliphatic hydroxyl groups is 2. The lowest BCUT2D eigenvalue weighted by Gasteiger charge is -2.21. The van der Waals surface area contributed by atoms with Crippen LogP contribution in [0.4, 0.5) is 0 Å². The summed E-state index contributed by atoms with van der Waals surface area (Å²) in [6.45, 7) is 7.24. The lowest BCUT2D eigenvalue weighted by atomic mass is 10.0. The van der Waals surface area contributed by atoms with Gasteiger partial charge in [-0.25, -0.2) is 0 Å². The van der Waals surface area contributed by atoms with Crippen molar-refractivity contribution in [2.75, 3.05) is 13.2 Å². The number of ether oxygens (including phenoxy) is 1. The number of aliphatic hydroxyl groups excluding tert-OH is 2. The summed E-state index contributed by atoms with van der Waals surface area (Å²) in [6, 6.07) is 3.94. The minimum absolute atomic E-state index is 0.00837. The summed E-state index contributed by atoms with van der Waals surface area (Å²) in [5.74, 6) is 0.800. The molecule has 1 aliphatic rings. The summed E-state index contributed by atoms with van der Waals surface area (Å²) in [6.07, 6.45) is 1.72.